The Bertz CT molecular complexity index is 1730. The first kappa shape index (κ1) is 36.8. The molecule has 0 aromatic heterocycles. The first-order valence-corrected chi connectivity index (χ1v) is 21.5. The fraction of sp³-hybridized carbons (Fsp3) is 0.659. The zero-order valence-electron chi connectivity index (χ0n) is 30.7. The van der Waals surface area contributed by atoms with Crippen LogP contribution in [0.5, 0.6) is 0 Å². The van der Waals surface area contributed by atoms with Gasteiger partial charge in [0.25, 0.3) is 20.2 Å². The SMILES string of the molecule is CC(C)=CCC[C@@H](C)[C@H]1CC[C@H]2[C@@H]3C[C@H](OS(=O)(=O)c4ccc(C)cc4)[C@@H]4C[C@H](OS(=O)(=O)c5ccc(C)cc5)CC[C@]4(C)[C@H]3CC[C@]12C. The van der Waals surface area contributed by atoms with E-state index in [1.165, 1.54) is 31.3 Å². The molecule has 10 atom stereocenters. The third-order valence-corrected chi connectivity index (χ3v) is 16.4. The number of aryl methyl sites for hydroxylation is 2. The van der Waals surface area contributed by atoms with Gasteiger partial charge in [0.15, 0.2) is 0 Å². The normalized spacial score (nSPS) is 35.1. The van der Waals surface area contributed by atoms with Crippen molar-refractivity contribution in [3.05, 3.63) is 71.3 Å². The summed E-state index contributed by atoms with van der Waals surface area (Å²) in [5.74, 6) is 2.54. The Hall–Kier alpha value is -2.00. The molecule has 0 aliphatic heterocycles. The quantitative estimate of drug-likeness (QED) is 0.180. The summed E-state index contributed by atoms with van der Waals surface area (Å²) in [5.41, 5.74) is 3.42. The lowest BCUT2D eigenvalue weighted by molar-refractivity contribution is -0.162. The summed E-state index contributed by atoms with van der Waals surface area (Å²) in [6.07, 6.45) is 11.0. The van der Waals surface area contributed by atoms with Gasteiger partial charge in [0.1, 0.15) is 0 Å². The average Bonchev–Trinajstić information content (AvgIpc) is 3.39. The van der Waals surface area contributed by atoms with Gasteiger partial charge in [0.2, 0.25) is 0 Å². The molecule has 4 saturated carbocycles. The van der Waals surface area contributed by atoms with Crippen molar-refractivity contribution in [1.29, 1.82) is 0 Å². The molecule has 8 heteroatoms. The van der Waals surface area contributed by atoms with Crippen LogP contribution in [0.25, 0.3) is 0 Å². The number of benzene rings is 2. The van der Waals surface area contributed by atoms with E-state index in [1.807, 2.05) is 26.0 Å². The van der Waals surface area contributed by atoms with Crippen molar-refractivity contribution in [2.45, 2.75) is 135 Å². The second-order valence-corrected chi connectivity index (χ2v) is 20.1. The monoisotopic (exact) mass is 710 g/mol. The number of hydrogen-bond donors (Lipinski definition) is 0. The molecule has 270 valence electrons. The smallest absolute Gasteiger partial charge is 0.263 e. The third kappa shape index (κ3) is 7.23. The number of fused-ring (bicyclic) bond motifs is 5. The lowest BCUT2D eigenvalue weighted by atomic mass is 9.43. The maximum atomic E-state index is 13.9. The number of hydrogen-bond acceptors (Lipinski definition) is 6. The minimum absolute atomic E-state index is 0.134. The van der Waals surface area contributed by atoms with Crippen LogP contribution in [0.2, 0.25) is 0 Å². The van der Waals surface area contributed by atoms with E-state index in [-0.39, 0.29) is 26.5 Å². The van der Waals surface area contributed by atoms with Gasteiger partial charge in [0.05, 0.1) is 22.0 Å². The molecule has 0 radical (unpaired) electrons. The van der Waals surface area contributed by atoms with Crippen LogP contribution in [-0.4, -0.2) is 29.0 Å². The van der Waals surface area contributed by atoms with E-state index in [0.29, 0.717) is 48.9 Å². The molecule has 0 saturated heterocycles. The predicted octanol–water partition coefficient (Wildman–Crippen LogP) is 9.80. The lowest BCUT2D eigenvalue weighted by Gasteiger charge is -2.62. The molecule has 0 bridgehead atoms. The standard InChI is InChI=1S/C41H58O6S2/c1-27(2)9-8-10-30(5)35-19-20-36-34-26-39(47-49(44,45)33-17-13-29(4)14-18-33)38-25-31(46-48(42,43)32-15-11-28(3)12-16-32)21-23-41(38,7)37(34)22-24-40(35,36)6/h9,11-18,30-31,34-39H,8,10,19-26H2,1-7H3/t30-,31-,34+,35-,36+,37+,38+,39+,40-,41-/m1/s1. The van der Waals surface area contributed by atoms with Gasteiger partial charge in [-0.3, -0.25) is 8.37 Å². The Balaban J connectivity index is 1.29. The maximum Gasteiger partial charge on any atom is 0.297 e. The van der Waals surface area contributed by atoms with Gasteiger partial charge in [-0.1, -0.05) is 67.8 Å². The van der Waals surface area contributed by atoms with Crippen molar-refractivity contribution < 1.29 is 25.2 Å². The minimum Gasteiger partial charge on any atom is -0.263 e. The zero-order valence-corrected chi connectivity index (χ0v) is 32.3. The van der Waals surface area contributed by atoms with Gasteiger partial charge in [-0.2, -0.15) is 16.8 Å². The van der Waals surface area contributed by atoms with E-state index >= 15 is 0 Å². The van der Waals surface area contributed by atoms with Crippen LogP contribution in [0.3, 0.4) is 0 Å². The molecule has 0 N–H and O–H groups in total. The van der Waals surface area contributed by atoms with Crippen molar-refractivity contribution in [1.82, 2.24) is 0 Å². The summed E-state index contributed by atoms with van der Waals surface area (Å²) in [6.45, 7) is 15.6. The Morgan fingerprint density at radius 1 is 0.755 bits per heavy atom. The van der Waals surface area contributed by atoms with Gasteiger partial charge < -0.3 is 0 Å². The average molecular weight is 711 g/mol. The summed E-state index contributed by atoms with van der Waals surface area (Å²) in [6, 6.07) is 13.6. The fourth-order valence-electron chi connectivity index (χ4n) is 11.1. The maximum absolute atomic E-state index is 13.9. The first-order chi connectivity index (χ1) is 23.0. The highest BCUT2D eigenvalue weighted by molar-refractivity contribution is 7.87. The molecule has 6 nitrogen and oxygen atoms in total. The van der Waals surface area contributed by atoms with Crippen LogP contribution in [0.1, 0.15) is 110 Å². The first-order valence-electron chi connectivity index (χ1n) is 18.7. The van der Waals surface area contributed by atoms with Crippen molar-refractivity contribution in [3.8, 4) is 0 Å². The van der Waals surface area contributed by atoms with E-state index in [1.54, 1.807) is 36.4 Å². The highest BCUT2D eigenvalue weighted by atomic mass is 32.2. The molecule has 4 fully saturated rings. The summed E-state index contributed by atoms with van der Waals surface area (Å²) in [7, 11) is -8.00. The molecule has 2 aromatic carbocycles. The molecule has 0 amide bonds. The Kier molecular flexibility index (Phi) is 10.4. The van der Waals surface area contributed by atoms with Gasteiger partial charge >= 0.3 is 0 Å². The van der Waals surface area contributed by atoms with E-state index in [9.17, 15) is 16.8 Å². The van der Waals surface area contributed by atoms with E-state index < -0.39 is 32.4 Å². The number of rotatable bonds is 10. The zero-order chi connectivity index (χ0) is 35.4. The van der Waals surface area contributed by atoms with Crippen LogP contribution < -0.4 is 0 Å². The van der Waals surface area contributed by atoms with E-state index in [4.69, 9.17) is 8.37 Å². The molecule has 6 rings (SSSR count). The molecule has 0 heterocycles. The predicted molar refractivity (Wildman–Crippen MR) is 195 cm³/mol. The summed E-state index contributed by atoms with van der Waals surface area (Å²) >= 11 is 0. The van der Waals surface area contributed by atoms with Crippen molar-refractivity contribution >= 4 is 20.2 Å². The fourth-order valence-corrected chi connectivity index (χ4v) is 13.3. The summed E-state index contributed by atoms with van der Waals surface area (Å²) < 4.78 is 66.9. The van der Waals surface area contributed by atoms with Gasteiger partial charge in [-0.05, 0) is 163 Å². The topological polar surface area (TPSA) is 86.7 Å². The largest absolute Gasteiger partial charge is 0.297 e. The molecular weight excluding hydrogens is 653 g/mol. The summed E-state index contributed by atoms with van der Waals surface area (Å²) in [5, 5.41) is 0. The second-order valence-electron chi connectivity index (χ2n) is 17.0. The van der Waals surface area contributed by atoms with Crippen LogP contribution >= 0.6 is 0 Å². The van der Waals surface area contributed by atoms with Crippen LogP contribution in [0.15, 0.2) is 70.0 Å². The van der Waals surface area contributed by atoms with E-state index in [2.05, 4.69) is 40.7 Å². The molecule has 4 aliphatic rings. The third-order valence-electron chi connectivity index (χ3n) is 13.7. The Morgan fingerprint density at radius 2 is 1.31 bits per heavy atom. The molecular formula is C41H58O6S2. The molecule has 2 aromatic rings. The Morgan fingerprint density at radius 3 is 1.90 bits per heavy atom. The second kappa shape index (κ2) is 13.9. The molecule has 0 unspecified atom stereocenters. The molecule has 4 aliphatic carbocycles. The van der Waals surface area contributed by atoms with Crippen LogP contribution in [-0.2, 0) is 28.6 Å². The minimum atomic E-state index is -4.03. The highest BCUT2D eigenvalue weighted by Gasteiger charge is 2.63. The highest BCUT2D eigenvalue weighted by Crippen LogP contribution is 2.69. The molecule has 0 spiro atoms. The van der Waals surface area contributed by atoms with Crippen molar-refractivity contribution in [3.63, 3.8) is 0 Å². The van der Waals surface area contributed by atoms with Crippen molar-refractivity contribution in [2.75, 3.05) is 0 Å². The van der Waals surface area contributed by atoms with Crippen molar-refractivity contribution in [2.24, 2.45) is 46.3 Å². The van der Waals surface area contributed by atoms with Gasteiger partial charge in [0, 0.05) is 0 Å². The van der Waals surface area contributed by atoms with Crippen LogP contribution in [0.4, 0.5) is 0 Å². The number of allylic oxidation sites excluding steroid dienone is 2. The van der Waals surface area contributed by atoms with Gasteiger partial charge in [-0.25, -0.2) is 0 Å². The van der Waals surface area contributed by atoms with Gasteiger partial charge in [-0.15, -0.1) is 0 Å². The lowest BCUT2D eigenvalue weighted by Crippen LogP contribution is -2.59. The summed E-state index contributed by atoms with van der Waals surface area (Å²) in [4.78, 5) is 0.328. The van der Waals surface area contributed by atoms with E-state index in [0.717, 1.165) is 30.4 Å². The molecule has 49 heavy (non-hydrogen) atoms. The Labute approximate surface area is 296 Å². The van der Waals surface area contributed by atoms with Crippen LogP contribution in [0, 0.1) is 60.2 Å².